The molecule has 1 aliphatic rings. The predicted octanol–water partition coefficient (Wildman–Crippen LogP) is 4.98. The maximum Gasteiger partial charge on any atom is 0.273 e. The van der Waals surface area contributed by atoms with Gasteiger partial charge in [-0.25, -0.2) is 4.98 Å². The molecule has 30 heavy (non-hydrogen) atoms. The van der Waals surface area contributed by atoms with Gasteiger partial charge in [-0.1, -0.05) is 65.9 Å². The van der Waals surface area contributed by atoms with E-state index in [0.717, 1.165) is 21.3 Å². The van der Waals surface area contributed by atoms with Crippen LogP contribution in [-0.4, -0.2) is 23.6 Å². The third kappa shape index (κ3) is 3.50. The Morgan fingerprint density at radius 3 is 2.60 bits per heavy atom. The number of thiazole rings is 1. The summed E-state index contributed by atoms with van der Waals surface area (Å²) in [6, 6.07) is 23.4. The first-order valence-corrected chi connectivity index (χ1v) is 10.6. The van der Waals surface area contributed by atoms with Crippen molar-refractivity contribution in [2.75, 3.05) is 11.5 Å². The number of nitrogens with zero attached hydrogens (tertiary/aromatic N) is 2. The van der Waals surface area contributed by atoms with E-state index in [-0.39, 0.29) is 12.5 Å². The van der Waals surface area contributed by atoms with E-state index in [1.807, 2.05) is 79.7 Å². The second kappa shape index (κ2) is 7.80. The Kier molecular flexibility index (Phi) is 4.85. The maximum atomic E-state index is 13.6. The Morgan fingerprint density at radius 1 is 1.03 bits per heavy atom. The summed E-state index contributed by atoms with van der Waals surface area (Å²) in [4.78, 5) is 20.1. The molecule has 0 radical (unpaired) electrons. The molecule has 1 atom stereocenters. The van der Waals surface area contributed by atoms with Crippen LogP contribution in [0.15, 0.2) is 72.8 Å². The van der Waals surface area contributed by atoms with Crippen molar-refractivity contribution in [2.45, 2.75) is 19.6 Å². The van der Waals surface area contributed by atoms with Gasteiger partial charge in [0.2, 0.25) is 6.10 Å². The van der Waals surface area contributed by atoms with Gasteiger partial charge in [0.15, 0.2) is 16.6 Å². The van der Waals surface area contributed by atoms with Crippen LogP contribution in [0, 0.1) is 6.92 Å². The average Bonchev–Trinajstić information content (AvgIpc) is 3.23. The molecule has 1 aromatic heterocycles. The van der Waals surface area contributed by atoms with Crippen LogP contribution in [-0.2, 0) is 11.3 Å². The average molecular weight is 417 g/mol. The lowest BCUT2D eigenvalue weighted by atomic mass is 10.2. The molecule has 6 heteroatoms. The number of rotatable bonds is 4. The largest absolute Gasteiger partial charge is 0.485 e. The molecular formula is C24H20N2O3S. The van der Waals surface area contributed by atoms with E-state index in [4.69, 9.17) is 14.5 Å². The maximum absolute atomic E-state index is 13.6. The molecule has 2 heterocycles. The number of aryl methyl sites for hydroxylation is 1. The number of carbonyl (C=O) groups is 1. The minimum Gasteiger partial charge on any atom is -0.485 e. The summed E-state index contributed by atoms with van der Waals surface area (Å²) in [5, 5.41) is 0.663. The molecule has 1 amide bonds. The van der Waals surface area contributed by atoms with Crippen LogP contribution in [0.1, 0.15) is 11.1 Å². The number of anilines is 1. The summed E-state index contributed by atoms with van der Waals surface area (Å²) in [6.45, 7) is 2.62. The van der Waals surface area contributed by atoms with Crippen LogP contribution in [0.4, 0.5) is 5.13 Å². The summed E-state index contributed by atoms with van der Waals surface area (Å²) in [6.07, 6.45) is -0.725. The van der Waals surface area contributed by atoms with Crippen molar-refractivity contribution < 1.29 is 14.3 Å². The topological polar surface area (TPSA) is 51.7 Å². The number of hydrogen-bond donors (Lipinski definition) is 0. The van der Waals surface area contributed by atoms with Crippen molar-refractivity contribution in [2.24, 2.45) is 0 Å². The molecule has 4 aromatic rings. The lowest BCUT2D eigenvalue weighted by Crippen LogP contribution is -2.46. The van der Waals surface area contributed by atoms with E-state index in [2.05, 4.69) is 0 Å². The van der Waals surface area contributed by atoms with Crippen LogP contribution >= 0.6 is 11.3 Å². The molecule has 0 bridgehead atoms. The predicted molar refractivity (Wildman–Crippen MR) is 118 cm³/mol. The molecule has 0 N–H and O–H groups in total. The van der Waals surface area contributed by atoms with Gasteiger partial charge in [-0.3, -0.25) is 9.69 Å². The highest BCUT2D eigenvalue weighted by atomic mass is 32.1. The van der Waals surface area contributed by atoms with Gasteiger partial charge in [0, 0.05) is 0 Å². The molecule has 5 nitrogen and oxygen atoms in total. The van der Waals surface area contributed by atoms with Gasteiger partial charge in [0.1, 0.15) is 6.61 Å². The Labute approximate surface area is 178 Å². The lowest BCUT2D eigenvalue weighted by molar-refractivity contribution is -0.127. The number of amides is 1. The number of ether oxygens (including phenoxy) is 2. The fraction of sp³-hybridized carbons (Fsp3) is 0.167. The summed E-state index contributed by atoms with van der Waals surface area (Å²) in [5.74, 6) is 1.08. The minimum atomic E-state index is -0.725. The number of benzene rings is 3. The zero-order valence-corrected chi connectivity index (χ0v) is 17.3. The van der Waals surface area contributed by atoms with E-state index in [9.17, 15) is 4.79 Å². The third-order valence-corrected chi connectivity index (χ3v) is 6.12. The molecule has 0 fully saturated rings. The van der Waals surface area contributed by atoms with Crippen LogP contribution in [0.5, 0.6) is 11.5 Å². The normalized spacial score (nSPS) is 15.2. The first-order chi connectivity index (χ1) is 14.7. The molecule has 3 aromatic carbocycles. The van der Waals surface area contributed by atoms with Gasteiger partial charge in [0.05, 0.1) is 16.8 Å². The van der Waals surface area contributed by atoms with Crippen molar-refractivity contribution in [3.05, 3.63) is 83.9 Å². The molecule has 150 valence electrons. The molecule has 0 unspecified atom stereocenters. The van der Waals surface area contributed by atoms with Crippen molar-refractivity contribution in [1.82, 2.24) is 4.98 Å². The minimum absolute atomic E-state index is 0.162. The van der Waals surface area contributed by atoms with Gasteiger partial charge >= 0.3 is 0 Å². The van der Waals surface area contributed by atoms with Crippen molar-refractivity contribution >= 4 is 32.6 Å². The van der Waals surface area contributed by atoms with E-state index in [1.54, 1.807) is 4.90 Å². The van der Waals surface area contributed by atoms with E-state index >= 15 is 0 Å². The second-order valence-corrected chi connectivity index (χ2v) is 8.20. The fourth-order valence-corrected chi connectivity index (χ4v) is 4.56. The monoisotopic (exact) mass is 416 g/mol. The summed E-state index contributed by atoms with van der Waals surface area (Å²) < 4.78 is 12.8. The standard InChI is InChI=1S/C24H20N2O3S/c1-16-8-7-13-21-22(16)25-24(30-21)26(14-17-9-3-2-4-10-17)23(27)20-15-28-18-11-5-6-12-19(18)29-20/h2-13,20H,14-15H2,1H3/t20-/m1/s1. The number of fused-ring (bicyclic) bond motifs is 2. The first-order valence-electron chi connectivity index (χ1n) is 9.79. The number of aromatic nitrogens is 1. The number of hydrogen-bond acceptors (Lipinski definition) is 5. The third-order valence-electron chi connectivity index (χ3n) is 5.07. The molecular weight excluding hydrogens is 396 g/mol. The van der Waals surface area contributed by atoms with Crippen LogP contribution in [0.3, 0.4) is 0 Å². The van der Waals surface area contributed by atoms with Gasteiger partial charge < -0.3 is 9.47 Å². The van der Waals surface area contributed by atoms with Gasteiger partial charge in [-0.05, 0) is 36.2 Å². The Morgan fingerprint density at radius 2 is 1.80 bits per heavy atom. The van der Waals surface area contributed by atoms with E-state index in [0.29, 0.717) is 23.2 Å². The van der Waals surface area contributed by atoms with Crippen molar-refractivity contribution in [3.63, 3.8) is 0 Å². The Balaban J connectivity index is 1.50. The van der Waals surface area contributed by atoms with Crippen LogP contribution in [0.2, 0.25) is 0 Å². The summed E-state index contributed by atoms with van der Waals surface area (Å²) >= 11 is 1.51. The van der Waals surface area contributed by atoms with Crippen LogP contribution < -0.4 is 14.4 Å². The summed E-state index contributed by atoms with van der Waals surface area (Å²) in [5.41, 5.74) is 3.04. The SMILES string of the molecule is Cc1cccc2sc(N(Cc3ccccc3)C(=O)[C@H]3COc4ccccc4O3)nc12. The highest BCUT2D eigenvalue weighted by molar-refractivity contribution is 7.22. The molecule has 0 aliphatic carbocycles. The van der Waals surface area contributed by atoms with Gasteiger partial charge in [-0.15, -0.1) is 0 Å². The van der Waals surface area contributed by atoms with E-state index in [1.165, 1.54) is 11.3 Å². The fourth-order valence-electron chi connectivity index (χ4n) is 3.51. The lowest BCUT2D eigenvalue weighted by Gasteiger charge is -2.29. The molecule has 0 saturated heterocycles. The summed E-state index contributed by atoms with van der Waals surface area (Å²) in [7, 11) is 0. The molecule has 0 spiro atoms. The molecule has 1 aliphatic heterocycles. The first kappa shape index (κ1) is 18.6. The second-order valence-electron chi connectivity index (χ2n) is 7.19. The number of carbonyl (C=O) groups excluding carboxylic acids is 1. The molecule has 5 rings (SSSR count). The smallest absolute Gasteiger partial charge is 0.273 e. The van der Waals surface area contributed by atoms with Gasteiger partial charge in [0.25, 0.3) is 5.91 Å². The van der Waals surface area contributed by atoms with E-state index < -0.39 is 6.10 Å². The highest BCUT2D eigenvalue weighted by Crippen LogP contribution is 2.34. The molecule has 0 saturated carbocycles. The van der Waals surface area contributed by atoms with Crippen LogP contribution in [0.25, 0.3) is 10.2 Å². The number of para-hydroxylation sites is 3. The quantitative estimate of drug-likeness (QED) is 0.471. The van der Waals surface area contributed by atoms with Gasteiger partial charge in [-0.2, -0.15) is 0 Å². The van der Waals surface area contributed by atoms with Crippen molar-refractivity contribution in [1.29, 1.82) is 0 Å². The highest BCUT2D eigenvalue weighted by Gasteiger charge is 2.33. The van der Waals surface area contributed by atoms with Crippen molar-refractivity contribution in [3.8, 4) is 11.5 Å². The Hall–Kier alpha value is -3.38. The zero-order valence-electron chi connectivity index (χ0n) is 16.4. The Bertz CT molecular complexity index is 1210. The zero-order chi connectivity index (χ0) is 20.5.